The zero-order valence-corrected chi connectivity index (χ0v) is 12.5. The molecule has 0 aliphatic heterocycles. The second kappa shape index (κ2) is 4.34. The number of hydrogen-bond donors (Lipinski definition) is 0. The molecule has 0 amide bonds. The molecule has 0 unspecified atom stereocenters. The van der Waals surface area contributed by atoms with Crippen LogP contribution in [0.4, 0.5) is 0 Å². The van der Waals surface area contributed by atoms with Crippen molar-refractivity contribution in [2.45, 2.75) is 54.4 Å². The van der Waals surface area contributed by atoms with E-state index < -0.39 is 0 Å². The monoisotopic (exact) mass is 242 g/mol. The topological polar surface area (TPSA) is 25.8 Å². The van der Waals surface area contributed by atoms with Crippen molar-refractivity contribution in [2.75, 3.05) is 0 Å². The molecule has 2 heteroatoms. The highest BCUT2D eigenvalue weighted by atomic mass is 14.8. The van der Waals surface area contributed by atoms with E-state index in [1.165, 1.54) is 22.1 Å². The average molecular weight is 242 g/mol. The molecule has 0 aromatic carbocycles. The van der Waals surface area contributed by atoms with E-state index in [1.54, 1.807) is 0 Å². The molecule has 0 atom stereocenters. The second-order valence-corrected chi connectivity index (χ2v) is 5.53. The van der Waals surface area contributed by atoms with Gasteiger partial charge in [0.2, 0.25) is 0 Å². The van der Waals surface area contributed by atoms with Gasteiger partial charge in [0.25, 0.3) is 0 Å². The zero-order valence-electron chi connectivity index (χ0n) is 12.5. The smallest absolute Gasteiger partial charge is 0.0928 e. The van der Waals surface area contributed by atoms with Crippen LogP contribution in [0, 0.1) is 34.6 Å². The number of nitrogens with zero attached hydrogens (tertiary/aromatic N) is 2. The number of fused-ring (bicyclic) bond motifs is 1. The van der Waals surface area contributed by atoms with E-state index in [4.69, 9.17) is 9.97 Å². The van der Waals surface area contributed by atoms with Crippen molar-refractivity contribution in [1.82, 2.24) is 9.97 Å². The van der Waals surface area contributed by atoms with Gasteiger partial charge in [0, 0.05) is 16.8 Å². The lowest BCUT2D eigenvalue weighted by atomic mass is 9.95. The molecule has 0 saturated heterocycles. The molecule has 0 saturated carbocycles. The Morgan fingerprint density at radius 2 is 1.28 bits per heavy atom. The van der Waals surface area contributed by atoms with E-state index >= 15 is 0 Å². The van der Waals surface area contributed by atoms with Gasteiger partial charge in [-0.3, -0.25) is 9.97 Å². The molecule has 0 N–H and O–H groups in total. The average Bonchev–Trinajstić information content (AvgIpc) is 2.30. The second-order valence-electron chi connectivity index (χ2n) is 5.53. The molecule has 2 rings (SSSR count). The molecular weight excluding hydrogens is 220 g/mol. The Morgan fingerprint density at radius 3 is 1.83 bits per heavy atom. The molecule has 18 heavy (non-hydrogen) atoms. The fourth-order valence-electron chi connectivity index (χ4n) is 2.49. The van der Waals surface area contributed by atoms with Crippen LogP contribution in [0.2, 0.25) is 0 Å². The molecule has 96 valence electrons. The summed E-state index contributed by atoms with van der Waals surface area (Å²) in [6, 6.07) is 0. The van der Waals surface area contributed by atoms with Crippen LogP contribution in [0.15, 0.2) is 0 Å². The molecule has 0 aliphatic rings. The largest absolute Gasteiger partial charge is 0.255 e. The van der Waals surface area contributed by atoms with Crippen LogP contribution in [0.25, 0.3) is 10.9 Å². The van der Waals surface area contributed by atoms with Crippen molar-refractivity contribution in [1.29, 1.82) is 0 Å². The minimum Gasteiger partial charge on any atom is -0.255 e. The van der Waals surface area contributed by atoms with Crippen LogP contribution >= 0.6 is 0 Å². The molecule has 2 heterocycles. The Morgan fingerprint density at radius 1 is 0.722 bits per heavy atom. The summed E-state index contributed by atoms with van der Waals surface area (Å²) in [5.41, 5.74) is 8.37. The van der Waals surface area contributed by atoms with Gasteiger partial charge in [-0.15, -0.1) is 0 Å². The maximum atomic E-state index is 4.80. The maximum absolute atomic E-state index is 4.80. The molecule has 0 aliphatic carbocycles. The van der Waals surface area contributed by atoms with Gasteiger partial charge in [0.15, 0.2) is 0 Å². The lowest BCUT2D eigenvalue weighted by Gasteiger charge is -2.17. The minimum absolute atomic E-state index is 0.404. The van der Waals surface area contributed by atoms with E-state index in [1.807, 2.05) is 0 Å². The number of hydrogen-bond acceptors (Lipinski definition) is 2. The van der Waals surface area contributed by atoms with E-state index in [9.17, 15) is 0 Å². The first kappa shape index (κ1) is 13.0. The van der Waals surface area contributed by atoms with Gasteiger partial charge in [-0.05, 0) is 57.2 Å². The summed E-state index contributed by atoms with van der Waals surface area (Å²) >= 11 is 0. The number of aromatic nitrogens is 2. The van der Waals surface area contributed by atoms with Gasteiger partial charge in [-0.2, -0.15) is 0 Å². The highest BCUT2D eigenvalue weighted by molar-refractivity contribution is 5.89. The maximum Gasteiger partial charge on any atom is 0.0928 e. The van der Waals surface area contributed by atoms with Crippen molar-refractivity contribution >= 4 is 10.9 Å². The van der Waals surface area contributed by atoms with Gasteiger partial charge in [0.1, 0.15) is 0 Å². The van der Waals surface area contributed by atoms with Gasteiger partial charge >= 0.3 is 0 Å². The summed E-state index contributed by atoms with van der Waals surface area (Å²) in [4.78, 5) is 9.55. The normalized spacial score (nSPS) is 11.6. The third-order valence-electron chi connectivity index (χ3n) is 3.99. The fraction of sp³-hybridized carbons (Fsp3) is 0.500. The summed E-state index contributed by atoms with van der Waals surface area (Å²) in [7, 11) is 0. The van der Waals surface area contributed by atoms with Crippen molar-refractivity contribution < 1.29 is 0 Å². The lowest BCUT2D eigenvalue weighted by molar-refractivity contribution is 0.820. The molecule has 0 radical (unpaired) electrons. The first-order chi connectivity index (χ1) is 8.34. The highest BCUT2D eigenvalue weighted by Crippen LogP contribution is 2.31. The quantitative estimate of drug-likeness (QED) is 0.745. The van der Waals surface area contributed by atoms with Gasteiger partial charge < -0.3 is 0 Å². The molecule has 0 spiro atoms. The Bertz CT molecular complexity index is 625. The number of pyridine rings is 2. The predicted molar refractivity (Wildman–Crippen MR) is 77.3 cm³/mol. The fourth-order valence-corrected chi connectivity index (χ4v) is 2.49. The molecule has 0 fully saturated rings. The summed E-state index contributed by atoms with van der Waals surface area (Å²) in [5.74, 6) is 0.404. The van der Waals surface area contributed by atoms with Gasteiger partial charge in [0.05, 0.1) is 11.2 Å². The molecular formula is C16H22N2. The first-order valence-corrected chi connectivity index (χ1v) is 6.59. The molecule has 0 bridgehead atoms. The first-order valence-electron chi connectivity index (χ1n) is 6.59. The van der Waals surface area contributed by atoms with Crippen molar-refractivity contribution in [3.8, 4) is 0 Å². The predicted octanol–water partition coefficient (Wildman–Crippen LogP) is 4.30. The van der Waals surface area contributed by atoms with Crippen molar-refractivity contribution in [3.05, 3.63) is 33.8 Å². The zero-order chi connectivity index (χ0) is 13.6. The number of rotatable bonds is 1. The standard InChI is InChI=1S/C16H22N2/c1-8(2)15-16-14(11(5)13(7)17-15)10(4)9(3)12(6)18-16/h8H,1-7H3. The molecule has 2 aromatic heterocycles. The van der Waals surface area contributed by atoms with E-state index in [0.717, 1.165) is 22.6 Å². The Hall–Kier alpha value is -1.44. The van der Waals surface area contributed by atoms with Crippen LogP contribution < -0.4 is 0 Å². The van der Waals surface area contributed by atoms with Crippen LogP contribution in [0.5, 0.6) is 0 Å². The van der Waals surface area contributed by atoms with Gasteiger partial charge in [-0.25, -0.2) is 0 Å². The minimum atomic E-state index is 0.404. The van der Waals surface area contributed by atoms with Crippen LogP contribution in [0.1, 0.15) is 53.5 Å². The third kappa shape index (κ3) is 1.80. The van der Waals surface area contributed by atoms with Gasteiger partial charge in [-0.1, -0.05) is 13.8 Å². The summed E-state index contributed by atoms with van der Waals surface area (Å²) in [6.45, 7) is 15.0. The third-order valence-corrected chi connectivity index (χ3v) is 3.99. The van der Waals surface area contributed by atoms with Crippen LogP contribution in [-0.2, 0) is 0 Å². The summed E-state index contributed by atoms with van der Waals surface area (Å²) in [5, 5.41) is 1.30. The summed E-state index contributed by atoms with van der Waals surface area (Å²) < 4.78 is 0. The molecule has 2 nitrogen and oxygen atoms in total. The highest BCUT2D eigenvalue weighted by Gasteiger charge is 2.16. The van der Waals surface area contributed by atoms with Crippen LogP contribution in [-0.4, -0.2) is 9.97 Å². The SMILES string of the molecule is Cc1nc2c(C(C)C)nc(C)c(C)c2c(C)c1C. The van der Waals surface area contributed by atoms with E-state index in [-0.39, 0.29) is 0 Å². The Kier molecular flexibility index (Phi) is 3.14. The van der Waals surface area contributed by atoms with Crippen LogP contribution in [0.3, 0.4) is 0 Å². The Labute approximate surface area is 109 Å². The summed E-state index contributed by atoms with van der Waals surface area (Å²) in [6.07, 6.45) is 0. The molecule has 2 aromatic rings. The van der Waals surface area contributed by atoms with Crippen molar-refractivity contribution in [3.63, 3.8) is 0 Å². The Balaban J connectivity index is 3.04. The van der Waals surface area contributed by atoms with E-state index in [2.05, 4.69) is 48.5 Å². The van der Waals surface area contributed by atoms with Crippen molar-refractivity contribution in [2.24, 2.45) is 0 Å². The number of aryl methyl sites for hydroxylation is 4. The van der Waals surface area contributed by atoms with E-state index in [0.29, 0.717) is 5.92 Å². The lowest BCUT2D eigenvalue weighted by Crippen LogP contribution is -2.05.